The van der Waals surface area contributed by atoms with Crippen molar-refractivity contribution in [1.29, 1.82) is 5.26 Å². The van der Waals surface area contributed by atoms with Gasteiger partial charge in [-0.3, -0.25) is 0 Å². The summed E-state index contributed by atoms with van der Waals surface area (Å²) in [6.07, 6.45) is 3.87. The van der Waals surface area contributed by atoms with Gasteiger partial charge in [-0.15, -0.1) is 0 Å². The molecule has 0 bridgehead atoms. The predicted molar refractivity (Wildman–Crippen MR) is 70.4 cm³/mol. The van der Waals surface area contributed by atoms with E-state index in [-0.39, 0.29) is 10.5 Å². The highest BCUT2D eigenvalue weighted by Crippen LogP contribution is 2.14. The summed E-state index contributed by atoms with van der Waals surface area (Å²) in [5.74, 6) is -0.718. The quantitative estimate of drug-likeness (QED) is 0.782. The van der Waals surface area contributed by atoms with Crippen LogP contribution in [0.4, 0.5) is 4.39 Å². The number of nitrogens with zero attached hydrogens (tertiary/aromatic N) is 1. The van der Waals surface area contributed by atoms with Gasteiger partial charge in [0.2, 0.25) is 10.0 Å². The van der Waals surface area contributed by atoms with E-state index in [1.807, 2.05) is 0 Å². The second kappa shape index (κ2) is 7.22. The minimum atomic E-state index is -3.66. The summed E-state index contributed by atoms with van der Waals surface area (Å²) in [5.41, 5.74) is -0.270. The van der Waals surface area contributed by atoms with Crippen molar-refractivity contribution in [3.8, 4) is 6.07 Å². The van der Waals surface area contributed by atoms with Crippen molar-refractivity contribution in [2.24, 2.45) is 0 Å². The van der Waals surface area contributed by atoms with Crippen LogP contribution in [0, 0.1) is 17.1 Å². The first-order valence-corrected chi connectivity index (χ1v) is 7.69. The maximum absolute atomic E-state index is 13.1. The lowest BCUT2D eigenvalue weighted by atomic mass is 10.2. The first-order valence-electron chi connectivity index (χ1n) is 6.20. The normalized spacial score (nSPS) is 11.2. The third kappa shape index (κ3) is 4.62. The van der Waals surface area contributed by atoms with Crippen molar-refractivity contribution >= 4 is 10.0 Å². The van der Waals surface area contributed by atoms with Crippen molar-refractivity contribution in [2.45, 2.75) is 37.5 Å². The predicted octanol–water partition coefficient (Wildman–Crippen LogP) is 2.56. The molecule has 0 saturated heterocycles. The Hall–Kier alpha value is -1.45. The van der Waals surface area contributed by atoms with Crippen molar-refractivity contribution in [2.75, 3.05) is 6.54 Å². The standard InChI is InChI=1S/C13H17FN2O2S/c1-2-3-4-5-8-16-19(17,18)12-6-7-13(14)11(9-12)10-15/h6-7,9,16H,2-5,8H2,1H3. The highest BCUT2D eigenvalue weighted by Gasteiger charge is 2.15. The Kier molecular flexibility index (Phi) is 5.93. The van der Waals surface area contributed by atoms with Gasteiger partial charge < -0.3 is 0 Å². The van der Waals surface area contributed by atoms with E-state index in [0.717, 1.165) is 43.9 Å². The Morgan fingerprint density at radius 1 is 1.32 bits per heavy atom. The van der Waals surface area contributed by atoms with Crippen LogP contribution in [0.5, 0.6) is 0 Å². The van der Waals surface area contributed by atoms with Gasteiger partial charge in [-0.05, 0) is 24.6 Å². The largest absolute Gasteiger partial charge is 0.240 e. The smallest absolute Gasteiger partial charge is 0.211 e. The number of nitriles is 1. The van der Waals surface area contributed by atoms with E-state index in [2.05, 4.69) is 11.6 Å². The molecule has 104 valence electrons. The van der Waals surface area contributed by atoms with Gasteiger partial charge in [0.25, 0.3) is 0 Å². The van der Waals surface area contributed by atoms with Crippen LogP contribution < -0.4 is 4.72 Å². The Balaban J connectivity index is 2.70. The number of hydrogen-bond donors (Lipinski definition) is 1. The van der Waals surface area contributed by atoms with Crippen LogP contribution in [-0.2, 0) is 10.0 Å². The van der Waals surface area contributed by atoms with Crippen LogP contribution >= 0.6 is 0 Å². The number of nitrogens with one attached hydrogen (secondary N) is 1. The maximum Gasteiger partial charge on any atom is 0.240 e. The molecule has 0 unspecified atom stereocenters. The molecule has 1 aromatic carbocycles. The molecule has 1 rings (SSSR count). The van der Waals surface area contributed by atoms with Gasteiger partial charge in [0.1, 0.15) is 11.9 Å². The van der Waals surface area contributed by atoms with Crippen LogP contribution in [0.1, 0.15) is 38.2 Å². The molecule has 6 heteroatoms. The summed E-state index contributed by atoms with van der Waals surface area (Å²) in [6, 6.07) is 4.82. The van der Waals surface area contributed by atoms with Gasteiger partial charge in [0.15, 0.2) is 0 Å². The highest BCUT2D eigenvalue weighted by atomic mass is 32.2. The summed E-state index contributed by atoms with van der Waals surface area (Å²) in [7, 11) is -3.66. The lowest BCUT2D eigenvalue weighted by molar-refractivity contribution is 0.572. The van der Waals surface area contributed by atoms with Crippen molar-refractivity contribution in [3.63, 3.8) is 0 Å². The monoisotopic (exact) mass is 284 g/mol. The molecule has 0 aliphatic carbocycles. The van der Waals surface area contributed by atoms with Gasteiger partial charge in [0, 0.05) is 6.54 Å². The molecule has 0 aliphatic rings. The maximum atomic E-state index is 13.1. The molecule has 4 nitrogen and oxygen atoms in total. The summed E-state index contributed by atoms with van der Waals surface area (Å²) in [6.45, 7) is 2.42. The molecule has 0 aromatic heterocycles. The Bertz CT molecular complexity index is 564. The zero-order valence-electron chi connectivity index (χ0n) is 10.8. The molecule has 0 atom stereocenters. The van der Waals surface area contributed by atoms with E-state index in [0.29, 0.717) is 6.54 Å². The third-order valence-electron chi connectivity index (χ3n) is 2.69. The average Bonchev–Trinajstić information content (AvgIpc) is 2.38. The van der Waals surface area contributed by atoms with Gasteiger partial charge in [-0.1, -0.05) is 26.2 Å². The summed E-state index contributed by atoms with van der Waals surface area (Å²) in [4.78, 5) is -0.0825. The molecule has 0 spiro atoms. The van der Waals surface area contributed by atoms with Crippen molar-refractivity contribution < 1.29 is 12.8 Å². The zero-order valence-corrected chi connectivity index (χ0v) is 11.6. The van der Waals surface area contributed by atoms with Crippen molar-refractivity contribution in [3.05, 3.63) is 29.6 Å². The van der Waals surface area contributed by atoms with Gasteiger partial charge in [-0.2, -0.15) is 5.26 Å². The van der Waals surface area contributed by atoms with E-state index >= 15 is 0 Å². The Morgan fingerprint density at radius 3 is 2.68 bits per heavy atom. The number of halogens is 1. The van der Waals surface area contributed by atoms with E-state index in [1.54, 1.807) is 6.07 Å². The first-order chi connectivity index (χ1) is 9.01. The third-order valence-corrected chi connectivity index (χ3v) is 4.15. The Morgan fingerprint density at radius 2 is 2.05 bits per heavy atom. The zero-order chi connectivity index (χ0) is 14.3. The molecular formula is C13H17FN2O2S. The average molecular weight is 284 g/mol. The van der Waals surface area contributed by atoms with Gasteiger partial charge >= 0.3 is 0 Å². The van der Waals surface area contributed by atoms with Gasteiger partial charge in [-0.25, -0.2) is 17.5 Å². The number of unbranched alkanes of at least 4 members (excludes halogenated alkanes) is 3. The second-order valence-electron chi connectivity index (χ2n) is 4.21. The summed E-state index contributed by atoms with van der Waals surface area (Å²) < 4.78 is 39.4. The molecule has 0 fully saturated rings. The van der Waals surface area contributed by atoms with Crippen LogP contribution in [0.2, 0.25) is 0 Å². The lowest BCUT2D eigenvalue weighted by Gasteiger charge is -2.07. The van der Waals surface area contributed by atoms with E-state index in [1.165, 1.54) is 0 Å². The van der Waals surface area contributed by atoms with E-state index < -0.39 is 15.8 Å². The summed E-state index contributed by atoms with van der Waals surface area (Å²) in [5, 5.41) is 8.68. The fourth-order valence-corrected chi connectivity index (χ4v) is 2.70. The van der Waals surface area contributed by atoms with E-state index in [4.69, 9.17) is 5.26 Å². The van der Waals surface area contributed by atoms with Crippen molar-refractivity contribution in [1.82, 2.24) is 4.72 Å². The minimum absolute atomic E-state index is 0.0825. The topological polar surface area (TPSA) is 70.0 Å². The second-order valence-corrected chi connectivity index (χ2v) is 5.98. The number of sulfonamides is 1. The number of hydrogen-bond acceptors (Lipinski definition) is 3. The molecule has 0 aliphatic heterocycles. The Labute approximate surface area is 113 Å². The van der Waals surface area contributed by atoms with Gasteiger partial charge in [0.05, 0.1) is 10.5 Å². The number of rotatable bonds is 7. The minimum Gasteiger partial charge on any atom is -0.211 e. The van der Waals surface area contributed by atoms with Crippen LogP contribution in [0.3, 0.4) is 0 Å². The lowest BCUT2D eigenvalue weighted by Crippen LogP contribution is -2.24. The van der Waals surface area contributed by atoms with Crippen LogP contribution in [0.25, 0.3) is 0 Å². The molecule has 0 saturated carbocycles. The number of benzene rings is 1. The highest BCUT2D eigenvalue weighted by molar-refractivity contribution is 7.89. The molecule has 0 amide bonds. The van der Waals surface area contributed by atoms with Crippen LogP contribution in [-0.4, -0.2) is 15.0 Å². The molecule has 1 aromatic rings. The summed E-state index contributed by atoms with van der Waals surface area (Å²) >= 11 is 0. The van der Waals surface area contributed by atoms with E-state index in [9.17, 15) is 12.8 Å². The molecule has 19 heavy (non-hydrogen) atoms. The fourth-order valence-electron chi connectivity index (χ4n) is 1.60. The van der Waals surface area contributed by atoms with Crippen LogP contribution in [0.15, 0.2) is 23.1 Å². The molecule has 0 heterocycles. The molecular weight excluding hydrogens is 267 g/mol. The molecule has 0 radical (unpaired) electrons. The molecule has 1 N–H and O–H groups in total. The first kappa shape index (κ1) is 15.6. The fraction of sp³-hybridized carbons (Fsp3) is 0.462. The SMILES string of the molecule is CCCCCCNS(=O)(=O)c1ccc(F)c(C#N)c1.